The van der Waals surface area contributed by atoms with Gasteiger partial charge in [-0.3, -0.25) is 4.90 Å². The molecule has 0 amide bonds. The van der Waals surface area contributed by atoms with Crippen LogP contribution in [0.2, 0.25) is 0 Å². The maximum atomic E-state index is 5.47. The Morgan fingerprint density at radius 2 is 2.17 bits per heavy atom. The van der Waals surface area contributed by atoms with E-state index in [0.29, 0.717) is 6.04 Å². The minimum absolute atomic E-state index is 0.292. The van der Waals surface area contributed by atoms with Gasteiger partial charge >= 0.3 is 0 Å². The molecule has 1 aliphatic heterocycles. The summed E-state index contributed by atoms with van der Waals surface area (Å²) in [6, 6.07) is 4.54. The lowest BCUT2D eigenvalue weighted by atomic mass is 10.2. The van der Waals surface area contributed by atoms with Crippen molar-refractivity contribution in [2.45, 2.75) is 45.7 Å². The van der Waals surface area contributed by atoms with E-state index in [2.05, 4.69) is 40.9 Å². The molecule has 0 saturated carbocycles. The second kappa shape index (κ2) is 8.04. The number of unbranched alkanes of at least 4 members (excludes halogenated alkanes) is 1. The van der Waals surface area contributed by atoms with Crippen LogP contribution in [0.3, 0.4) is 0 Å². The van der Waals surface area contributed by atoms with Gasteiger partial charge in [-0.05, 0) is 24.8 Å². The number of aryl methyl sites for hydroxylation is 1. The van der Waals surface area contributed by atoms with Crippen LogP contribution in [0.15, 0.2) is 17.5 Å². The molecule has 0 N–H and O–H groups in total. The molecule has 23 heavy (non-hydrogen) atoms. The molecule has 1 unspecified atom stereocenters. The number of hydrogen-bond acceptors (Lipinski definition) is 5. The zero-order valence-corrected chi connectivity index (χ0v) is 14.9. The van der Waals surface area contributed by atoms with Gasteiger partial charge in [-0.15, -0.1) is 11.3 Å². The van der Waals surface area contributed by atoms with Crippen LogP contribution in [0.1, 0.15) is 49.3 Å². The molecule has 1 atom stereocenters. The summed E-state index contributed by atoms with van der Waals surface area (Å²) in [7, 11) is 0. The highest BCUT2D eigenvalue weighted by molar-refractivity contribution is 7.09. The molecule has 0 spiro atoms. The van der Waals surface area contributed by atoms with Crippen LogP contribution < -0.4 is 0 Å². The summed E-state index contributed by atoms with van der Waals surface area (Å²) < 4.78 is 7.60. The monoisotopic (exact) mass is 334 g/mol. The second-order valence-corrected chi connectivity index (χ2v) is 7.08. The Balaban J connectivity index is 1.79. The highest BCUT2D eigenvalue weighted by Gasteiger charge is 2.24. The van der Waals surface area contributed by atoms with Crippen molar-refractivity contribution in [3.05, 3.63) is 34.0 Å². The fourth-order valence-corrected chi connectivity index (χ4v) is 3.66. The number of rotatable bonds is 7. The van der Waals surface area contributed by atoms with Crippen LogP contribution in [0.4, 0.5) is 0 Å². The molecule has 0 aromatic carbocycles. The Morgan fingerprint density at radius 1 is 1.35 bits per heavy atom. The largest absolute Gasteiger partial charge is 0.379 e. The smallest absolute Gasteiger partial charge is 0.156 e. The summed E-state index contributed by atoms with van der Waals surface area (Å²) in [6.07, 6.45) is 3.15. The first kappa shape index (κ1) is 16.6. The van der Waals surface area contributed by atoms with Crippen LogP contribution in [0.5, 0.6) is 0 Å². The van der Waals surface area contributed by atoms with E-state index in [0.717, 1.165) is 57.3 Å². The van der Waals surface area contributed by atoms with Crippen molar-refractivity contribution in [1.29, 1.82) is 0 Å². The van der Waals surface area contributed by atoms with Gasteiger partial charge in [0, 0.05) is 30.9 Å². The van der Waals surface area contributed by atoms with Gasteiger partial charge in [0.15, 0.2) is 5.82 Å². The molecule has 0 aliphatic carbocycles. The topological polar surface area (TPSA) is 43.2 Å². The van der Waals surface area contributed by atoms with E-state index in [1.807, 2.05) is 0 Å². The van der Waals surface area contributed by atoms with Crippen molar-refractivity contribution < 1.29 is 4.74 Å². The number of nitrogens with zero attached hydrogens (tertiary/aromatic N) is 4. The molecule has 126 valence electrons. The van der Waals surface area contributed by atoms with E-state index in [-0.39, 0.29) is 0 Å². The molecule has 1 fully saturated rings. The number of thiophene rings is 1. The molecule has 1 aliphatic rings. The van der Waals surface area contributed by atoms with Gasteiger partial charge in [0.1, 0.15) is 5.82 Å². The highest BCUT2D eigenvalue weighted by Crippen LogP contribution is 2.21. The average molecular weight is 334 g/mol. The first-order chi connectivity index (χ1) is 11.3. The predicted octanol–water partition coefficient (Wildman–Crippen LogP) is 3.12. The molecule has 3 heterocycles. The number of ether oxygens (including phenoxy) is 1. The molecular formula is C17H26N4OS. The quantitative estimate of drug-likeness (QED) is 0.780. The number of hydrogen-bond donors (Lipinski definition) is 0. The lowest BCUT2D eigenvalue weighted by Crippen LogP contribution is -2.39. The summed E-state index contributed by atoms with van der Waals surface area (Å²) >= 11 is 1.77. The van der Waals surface area contributed by atoms with E-state index in [4.69, 9.17) is 14.8 Å². The molecule has 2 aromatic rings. The summed E-state index contributed by atoms with van der Waals surface area (Å²) in [5.74, 6) is 2.05. The maximum Gasteiger partial charge on any atom is 0.156 e. The first-order valence-corrected chi connectivity index (χ1v) is 9.43. The average Bonchev–Trinajstić information content (AvgIpc) is 3.23. The van der Waals surface area contributed by atoms with E-state index >= 15 is 0 Å². The van der Waals surface area contributed by atoms with Gasteiger partial charge in [0.25, 0.3) is 0 Å². The van der Waals surface area contributed by atoms with E-state index < -0.39 is 0 Å². The van der Waals surface area contributed by atoms with E-state index in [1.54, 1.807) is 11.3 Å². The van der Waals surface area contributed by atoms with Crippen molar-refractivity contribution in [3.63, 3.8) is 0 Å². The molecule has 1 saturated heterocycles. The Labute approximate surface area is 142 Å². The summed E-state index contributed by atoms with van der Waals surface area (Å²) in [5, 5.41) is 6.90. The molecule has 0 radical (unpaired) electrons. The van der Waals surface area contributed by atoms with Crippen molar-refractivity contribution in [3.8, 4) is 0 Å². The zero-order valence-electron chi connectivity index (χ0n) is 14.1. The minimum atomic E-state index is 0.292. The summed E-state index contributed by atoms with van der Waals surface area (Å²) in [6.45, 7) is 8.99. The lowest BCUT2D eigenvalue weighted by Gasteiger charge is -2.31. The summed E-state index contributed by atoms with van der Waals surface area (Å²) in [4.78, 5) is 8.66. The van der Waals surface area contributed by atoms with Crippen molar-refractivity contribution >= 4 is 11.3 Å². The van der Waals surface area contributed by atoms with Crippen LogP contribution in [0, 0.1) is 0 Å². The molecule has 0 bridgehead atoms. The molecule has 3 rings (SSSR count). The van der Waals surface area contributed by atoms with Crippen molar-refractivity contribution in [1.82, 2.24) is 19.7 Å². The second-order valence-electron chi connectivity index (χ2n) is 6.04. The summed E-state index contributed by atoms with van der Waals surface area (Å²) in [5.41, 5.74) is 0. The lowest BCUT2D eigenvalue weighted by molar-refractivity contribution is 0.0173. The van der Waals surface area contributed by atoms with Gasteiger partial charge in [-0.25, -0.2) is 9.67 Å². The van der Waals surface area contributed by atoms with Gasteiger partial charge in [-0.1, -0.05) is 19.4 Å². The fraction of sp³-hybridized carbons (Fsp3) is 0.647. The zero-order chi connectivity index (χ0) is 16.1. The molecular weight excluding hydrogens is 308 g/mol. The molecule has 5 nitrogen and oxygen atoms in total. The molecule has 2 aromatic heterocycles. The first-order valence-electron chi connectivity index (χ1n) is 8.55. The van der Waals surface area contributed by atoms with Gasteiger partial charge in [-0.2, -0.15) is 5.10 Å². The van der Waals surface area contributed by atoms with E-state index in [9.17, 15) is 0 Å². The SMILES string of the molecule is CCCCn1nc(Cc2cccs2)nc1C(C)N1CCOCC1. The van der Waals surface area contributed by atoms with Crippen molar-refractivity contribution in [2.75, 3.05) is 26.3 Å². The Bertz CT molecular complexity index is 590. The van der Waals surface area contributed by atoms with Crippen LogP contribution >= 0.6 is 11.3 Å². The predicted molar refractivity (Wildman–Crippen MR) is 92.9 cm³/mol. The third-order valence-corrected chi connectivity index (χ3v) is 5.22. The maximum absolute atomic E-state index is 5.47. The van der Waals surface area contributed by atoms with Crippen molar-refractivity contribution in [2.24, 2.45) is 0 Å². The number of aromatic nitrogens is 3. The highest BCUT2D eigenvalue weighted by atomic mass is 32.1. The van der Waals surface area contributed by atoms with Crippen LogP contribution in [0.25, 0.3) is 0 Å². The van der Waals surface area contributed by atoms with Crippen LogP contribution in [-0.4, -0.2) is 46.0 Å². The Hall–Kier alpha value is -1.24. The van der Waals surface area contributed by atoms with Gasteiger partial charge in [0.05, 0.1) is 19.3 Å². The van der Waals surface area contributed by atoms with Crippen LogP contribution in [-0.2, 0) is 17.7 Å². The Morgan fingerprint density at radius 3 is 2.87 bits per heavy atom. The third kappa shape index (κ3) is 4.19. The fourth-order valence-electron chi connectivity index (χ4n) is 2.96. The molecule has 6 heteroatoms. The minimum Gasteiger partial charge on any atom is -0.379 e. The third-order valence-electron chi connectivity index (χ3n) is 4.35. The Kier molecular flexibility index (Phi) is 5.80. The van der Waals surface area contributed by atoms with Gasteiger partial charge < -0.3 is 4.74 Å². The van der Waals surface area contributed by atoms with Gasteiger partial charge in [0.2, 0.25) is 0 Å². The number of morpholine rings is 1. The normalized spacial score (nSPS) is 17.5. The standard InChI is InChI=1S/C17H26N4OS/c1-3-4-7-21-17(14(2)20-8-10-22-11-9-20)18-16(19-21)13-15-6-5-12-23-15/h5-6,12,14H,3-4,7-11,13H2,1-2H3. The van der Waals surface area contributed by atoms with E-state index in [1.165, 1.54) is 11.3 Å².